The van der Waals surface area contributed by atoms with Gasteiger partial charge in [-0.15, -0.1) is 0 Å². The zero-order valence-corrected chi connectivity index (χ0v) is 23.3. The third-order valence-corrected chi connectivity index (χ3v) is 5.66. The second-order valence-electron chi connectivity index (χ2n) is 9.05. The Kier molecular flexibility index (Phi) is 27.8. The van der Waals surface area contributed by atoms with Crippen molar-refractivity contribution < 1.29 is 19.4 Å². The minimum Gasteiger partial charge on any atom is -0.457 e. The fraction of sp³-hybridized carbons (Fsp3) is 0.656. The summed E-state index contributed by atoms with van der Waals surface area (Å²) in [5, 5.41) is 9.19. The van der Waals surface area contributed by atoms with Crippen molar-refractivity contribution >= 4 is 5.97 Å². The van der Waals surface area contributed by atoms with Crippen molar-refractivity contribution in [1.82, 2.24) is 0 Å². The molecule has 0 amide bonds. The number of carbonyl (C=O) groups excluding carboxylic acids is 1. The van der Waals surface area contributed by atoms with Crippen LogP contribution in [0.25, 0.3) is 0 Å². The molecule has 1 atom stereocenters. The minimum atomic E-state index is -0.535. The second kappa shape index (κ2) is 29.3. The molecule has 4 heteroatoms. The highest BCUT2D eigenvalue weighted by atomic mass is 16.6. The molecule has 0 rings (SSSR count). The Bertz CT molecular complexity index is 616. The van der Waals surface area contributed by atoms with Crippen molar-refractivity contribution in [2.45, 2.75) is 116 Å². The first kappa shape index (κ1) is 34.1. The van der Waals surface area contributed by atoms with Crippen LogP contribution in [0.4, 0.5) is 0 Å². The zero-order valence-electron chi connectivity index (χ0n) is 23.3. The number of aliphatic hydroxyl groups excluding tert-OH is 1. The number of hydrogen-bond acceptors (Lipinski definition) is 4. The Morgan fingerprint density at radius 2 is 1.14 bits per heavy atom. The molecule has 0 aromatic carbocycles. The molecular weight excluding hydrogens is 448 g/mol. The molecule has 0 saturated heterocycles. The quantitative estimate of drug-likeness (QED) is 0.0771. The van der Waals surface area contributed by atoms with Gasteiger partial charge in [0.2, 0.25) is 0 Å². The van der Waals surface area contributed by atoms with Gasteiger partial charge in [0.05, 0.1) is 13.2 Å². The molecule has 0 aliphatic rings. The molecule has 1 unspecified atom stereocenters. The summed E-state index contributed by atoms with van der Waals surface area (Å²) < 4.78 is 10.6. The van der Waals surface area contributed by atoms with Gasteiger partial charge in [-0.05, 0) is 51.4 Å². The van der Waals surface area contributed by atoms with Gasteiger partial charge >= 0.3 is 5.97 Å². The standard InChI is InChI=1S/C32H54O4/c1-3-5-6-7-8-9-10-11-12-13-14-15-16-17-18-19-20-21-22-23-24-25-26-27-28-35-30-31(29-33)36-32(34)4-2/h5-6,8-9,11-12,14-15,17-18,31,33H,3-4,7,10,13,16,19-30H2,1-2H3/b6-5-,9-8-,12-11-,15-14-,18-17-. The van der Waals surface area contributed by atoms with Crippen LogP contribution >= 0.6 is 0 Å². The first-order chi connectivity index (χ1) is 17.7. The van der Waals surface area contributed by atoms with E-state index in [2.05, 4.69) is 67.7 Å². The number of ether oxygens (including phenoxy) is 2. The van der Waals surface area contributed by atoms with Gasteiger partial charge in [-0.3, -0.25) is 4.79 Å². The number of hydrogen-bond donors (Lipinski definition) is 1. The Labute approximate surface area is 222 Å². The molecule has 0 bridgehead atoms. The Morgan fingerprint density at radius 1 is 0.667 bits per heavy atom. The summed E-state index contributed by atoms with van der Waals surface area (Å²) in [6, 6.07) is 0. The first-order valence-electron chi connectivity index (χ1n) is 14.4. The monoisotopic (exact) mass is 502 g/mol. The summed E-state index contributed by atoms with van der Waals surface area (Å²) in [6.07, 6.45) is 38.6. The van der Waals surface area contributed by atoms with Crippen LogP contribution in [0.2, 0.25) is 0 Å². The summed E-state index contributed by atoms with van der Waals surface area (Å²) in [4.78, 5) is 11.2. The third-order valence-electron chi connectivity index (χ3n) is 5.66. The van der Waals surface area contributed by atoms with Gasteiger partial charge in [0.15, 0.2) is 0 Å². The van der Waals surface area contributed by atoms with Gasteiger partial charge in [-0.25, -0.2) is 0 Å². The molecule has 0 spiro atoms. The number of unbranched alkanes of at least 4 members (excludes halogenated alkanes) is 8. The lowest BCUT2D eigenvalue weighted by molar-refractivity contribution is -0.154. The molecule has 0 aromatic heterocycles. The van der Waals surface area contributed by atoms with E-state index >= 15 is 0 Å². The topological polar surface area (TPSA) is 55.8 Å². The van der Waals surface area contributed by atoms with Gasteiger partial charge in [-0.2, -0.15) is 0 Å². The third kappa shape index (κ3) is 26.7. The van der Waals surface area contributed by atoms with Crippen molar-refractivity contribution in [3.8, 4) is 0 Å². The van der Waals surface area contributed by atoms with E-state index in [4.69, 9.17) is 9.47 Å². The Balaban J connectivity index is 3.39. The summed E-state index contributed by atoms with van der Waals surface area (Å²) >= 11 is 0. The van der Waals surface area contributed by atoms with Crippen LogP contribution in [0.5, 0.6) is 0 Å². The lowest BCUT2D eigenvalue weighted by atomic mass is 10.1. The molecule has 206 valence electrons. The fourth-order valence-electron chi connectivity index (χ4n) is 3.50. The SMILES string of the molecule is CC/C=C\C/C=C\C/C=C\C/C=C\C/C=C\CCCCCCCCCCOCC(CO)OC(=O)CC. The van der Waals surface area contributed by atoms with Crippen LogP contribution in [0.1, 0.15) is 110 Å². The molecule has 0 aliphatic heterocycles. The Hall–Kier alpha value is -1.91. The highest BCUT2D eigenvalue weighted by molar-refractivity contribution is 5.69. The molecule has 1 N–H and O–H groups in total. The normalized spacial score (nSPS) is 13.3. The molecule has 0 saturated carbocycles. The molecule has 4 nitrogen and oxygen atoms in total. The van der Waals surface area contributed by atoms with Crippen LogP contribution in [0.3, 0.4) is 0 Å². The van der Waals surface area contributed by atoms with Gasteiger partial charge in [-0.1, -0.05) is 113 Å². The van der Waals surface area contributed by atoms with E-state index in [1.807, 2.05) is 0 Å². The molecule has 0 aliphatic carbocycles. The predicted molar refractivity (Wildman–Crippen MR) is 154 cm³/mol. The van der Waals surface area contributed by atoms with Gasteiger partial charge < -0.3 is 14.6 Å². The summed E-state index contributed by atoms with van der Waals surface area (Å²) in [6.45, 7) is 4.65. The van der Waals surface area contributed by atoms with Crippen molar-refractivity contribution in [3.63, 3.8) is 0 Å². The molecule has 0 radical (unpaired) electrons. The van der Waals surface area contributed by atoms with Crippen molar-refractivity contribution in [1.29, 1.82) is 0 Å². The summed E-state index contributed by atoms with van der Waals surface area (Å²) in [5.41, 5.74) is 0. The maximum absolute atomic E-state index is 11.2. The molecule has 0 heterocycles. The Morgan fingerprint density at radius 3 is 1.64 bits per heavy atom. The van der Waals surface area contributed by atoms with E-state index < -0.39 is 6.10 Å². The number of carbonyl (C=O) groups is 1. The van der Waals surface area contributed by atoms with Crippen molar-refractivity contribution in [2.75, 3.05) is 19.8 Å². The predicted octanol–water partition coefficient (Wildman–Crippen LogP) is 8.58. The van der Waals surface area contributed by atoms with Crippen molar-refractivity contribution in [3.05, 3.63) is 60.8 Å². The van der Waals surface area contributed by atoms with Crippen molar-refractivity contribution in [2.24, 2.45) is 0 Å². The van der Waals surface area contributed by atoms with Gasteiger partial charge in [0.25, 0.3) is 0 Å². The van der Waals surface area contributed by atoms with Crippen LogP contribution < -0.4 is 0 Å². The average Bonchev–Trinajstić information content (AvgIpc) is 2.89. The van der Waals surface area contributed by atoms with E-state index in [-0.39, 0.29) is 19.2 Å². The summed E-state index contributed by atoms with van der Waals surface area (Å²) in [7, 11) is 0. The van der Waals surface area contributed by atoms with Crippen LogP contribution in [0.15, 0.2) is 60.8 Å². The van der Waals surface area contributed by atoms with Crippen LogP contribution in [-0.4, -0.2) is 37.0 Å². The fourth-order valence-corrected chi connectivity index (χ4v) is 3.50. The van der Waals surface area contributed by atoms with E-state index in [0.29, 0.717) is 13.0 Å². The number of allylic oxidation sites excluding steroid dienone is 10. The zero-order chi connectivity index (χ0) is 26.4. The van der Waals surface area contributed by atoms with E-state index in [9.17, 15) is 9.90 Å². The number of aliphatic hydroxyl groups is 1. The number of esters is 1. The molecular formula is C32H54O4. The molecule has 36 heavy (non-hydrogen) atoms. The summed E-state index contributed by atoms with van der Waals surface area (Å²) in [5.74, 6) is -0.296. The number of rotatable bonds is 25. The largest absolute Gasteiger partial charge is 0.457 e. The van der Waals surface area contributed by atoms with Crippen LogP contribution in [-0.2, 0) is 14.3 Å². The second-order valence-corrected chi connectivity index (χ2v) is 9.05. The smallest absolute Gasteiger partial charge is 0.305 e. The lowest BCUT2D eigenvalue weighted by Gasteiger charge is -2.15. The van der Waals surface area contributed by atoms with E-state index in [0.717, 1.165) is 38.5 Å². The first-order valence-corrected chi connectivity index (χ1v) is 14.4. The van der Waals surface area contributed by atoms with E-state index in [1.165, 1.54) is 51.4 Å². The lowest BCUT2D eigenvalue weighted by Crippen LogP contribution is -2.27. The maximum atomic E-state index is 11.2. The highest BCUT2D eigenvalue weighted by Gasteiger charge is 2.12. The maximum Gasteiger partial charge on any atom is 0.305 e. The van der Waals surface area contributed by atoms with Gasteiger partial charge in [0.1, 0.15) is 6.10 Å². The minimum absolute atomic E-state index is 0.188. The van der Waals surface area contributed by atoms with Gasteiger partial charge in [0, 0.05) is 13.0 Å². The van der Waals surface area contributed by atoms with E-state index in [1.54, 1.807) is 6.92 Å². The molecule has 0 fully saturated rings. The highest BCUT2D eigenvalue weighted by Crippen LogP contribution is 2.10. The molecule has 0 aromatic rings. The average molecular weight is 503 g/mol. The van der Waals surface area contributed by atoms with Crippen LogP contribution in [0, 0.1) is 0 Å².